The molecule has 1 aliphatic carbocycles. The largest absolute Gasteiger partial charge is 0.299 e. The van der Waals surface area contributed by atoms with Gasteiger partial charge in [-0.1, -0.05) is 97.4 Å². The molecule has 3 aromatic rings. The average molecular weight is 465 g/mol. The minimum absolute atomic E-state index is 0.319. The Morgan fingerprint density at radius 1 is 0.629 bits per heavy atom. The van der Waals surface area contributed by atoms with Crippen LogP contribution in [0.15, 0.2) is 91.0 Å². The predicted molar refractivity (Wildman–Crippen MR) is 146 cm³/mol. The fourth-order valence-corrected chi connectivity index (χ4v) is 7.63. The highest BCUT2D eigenvalue weighted by Gasteiger charge is 2.53. The van der Waals surface area contributed by atoms with Gasteiger partial charge in [0.15, 0.2) is 0 Å². The van der Waals surface area contributed by atoms with Crippen molar-refractivity contribution in [3.05, 3.63) is 108 Å². The number of hydrogen-bond donors (Lipinski definition) is 0. The highest BCUT2D eigenvalue weighted by Crippen LogP contribution is 2.54. The third-order valence-corrected chi connectivity index (χ3v) is 9.32. The monoisotopic (exact) mass is 464 g/mol. The normalized spacial score (nSPS) is 29.7. The molecule has 4 fully saturated rings. The van der Waals surface area contributed by atoms with Crippen molar-refractivity contribution in [3.63, 3.8) is 0 Å². The molecule has 2 heteroatoms. The smallest absolute Gasteiger partial charge is 0.0234 e. The Bertz CT molecular complexity index is 1010. The maximum atomic E-state index is 2.94. The molecule has 4 aliphatic rings. The van der Waals surface area contributed by atoms with Crippen molar-refractivity contribution in [2.75, 3.05) is 26.2 Å². The molecule has 0 radical (unpaired) electrons. The molecule has 1 saturated carbocycles. The van der Waals surface area contributed by atoms with Gasteiger partial charge in [0.05, 0.1) is 0 Å². The molecule has 0 aromatic heterocycles. The van der Waals surface area contributed by atoms with Gasteiger partial charge in [0.1, 0.15) is 0 Å². The first-order chi connectivity index (χ1) is 17.3. The zero-order valence-electron chi connectivity index (χ0n) is 21.1. The SMILES string of the molecule is c1ccc(CCN2CCC3(N4CCCCC4)CC(c4ccccc4)C2C(c2ccccc2)C3)cc1. The third-order valence-electron chi connectivity index (χ3n) is 9.32. The highest BCUT2D eigenvalue weighted by atomic mass is 15.3. The lowest BCUT2D eigenvalue weighted by Gasteiger charge is -2.53. The number of fused-ring (bicyclic) bond motifs is 4. The van der Waals surface area contributed by atoms with Gasteiger partial charge in [-0.3, -0.25) is 9.80 Å². The fraction of sp³-hybridized carbons (Fsp3) is 0.455. The summed E-state index contributed by atoms with van der Waals surface area (Å²) in [7, 11) is 0. The summed E-state index contributed by atoms with van der Waals surface area (Å²) < 4.78 is 0. The number of hydrogen-bond acceptors (Lipinski definition) is 2. The van der Waals surface area contributed by atoms with E-state index in [0.29, 0.717) is 23.4 Å². The van der Waals surface area contributed by atoms with E-state index in [1.54, 1.807) is 11.1 Å². The molecule has 3 heterocycles. The van der Waals surface area contributed by atoms with Crippen LogP contribution in [0.1, 0.15) is 67.1 Å². The average Bonchev–Trinajstić information content (AvgIpc) is 3.21. The van der Waals surface area contributed by atoms with Crippen LogP contribution in [0.3, 0.4) is 0 Å². The number of likely N-dealkylation sites (tertiary alicyclic amines) is 1. The fourth-order valence-electron chi connectivity index (χ4n) is 7.63. The molecule has 7 rings (SSSR count). The van der Waals surface area contributed by atoms with E-state index in [1.165, 1.54) is 63.7 Å². The van der Waals surface area contributed by atoms with E-state index in [2.05, 4.69) is 101 Å². The Morgan fingerprint density at radius 2 is 1.17 bits per heavy atom. The zero-order chi connectivity index (χ0) is 23.5. The molecule has 3 aliphatic heterocycles. The van der Waals surface area contributed by atoms with E-state index in [9.17, 15) is 0 Å². The first kappa shape index (κ1) is 23.0. The van der Waals surface area contributed by atoms with E-state index < -0.39 is 0 Å². The van der Waals surface area contributed by atoms with Gasteiger partial charge in [-0.05, 0) is 68.3 Å². The van der Waals surface area contributed by atoms with Crippen molar-refractivity contribution < 1.29 is 0 Å². The summed E-state index contributed by atoms with van der Waals surface area (Å²) in [6.07, 6.45) is 9.22. The Hall–Kier alpha value is -2.42. The van der Waals surface area contributed by atoms with E-state index >= 15 is 0 Å². The number of rotatable bonds is 6. The van der Waals surface area contributed by atoms with Crippen molar-refractivity contribution in [1.29, 1.82) is 0 Å². The Morgan fingerprint density at radius 3 is 1.74 bits per heavy atom. The maximum Gasteiger partial charge on any atom is 0.0234 e. The lowest BCUT2D eigenvalue weighted by atomic mass is 9.63. The Balaban J connectivity index is 1.41. The lowest BCUT2D eigenvalue weighted by Crippen LogP contribution is -2.56. The quantitative estimate of drug-likeness (QED) is 0.392. The minimum atomic E-state index is 0.319. The van der Waals surface area contributed by atoms with Crippen LogP contribution in [0.2, 0.25) is 0 Å². The van der Waals surface area contributed by atoms with Crippen LogP contribution in [-0.2, 0) is 6.42 Å². The molecule has 0 amide bonds. The molecule has 2 atom stereocenters. The molecule has 35 heavy (non-hydrogen) atoms. The molecule has 3 aromatic carbocycles. The Kier molecular flexibility index (Phi) is 6.76. The van der Waals surface area contributed by atoms with Crippen LogP contribution in [0, 0.1) is 0 Å². The predicted octanol–water partition coefficient (Wildman–Crippen LogP) is 6.89. The highest BCUT2D eigenvalue weighted by molar-refractivity contribution is 5.32. The van der Waals surface area contributed by atoms with Crippen LogP contribution in [0.5, 0.6) is 0 Å². The van der Waals surface area contributed by atoms with Gasteiger partial charge >= 0.3 is 0 Å². The van der Waals surface area contributed by atoms with Gasteiger partial charge in [0, 0.05) is 36.5 Å². The molecular weight excluding hydrogens is 424 g/mol. The van der Waals surface area contributed by atoms with E-state index in [0.717, 1.165) is 13.0 Å². The second-order valence-electron chi connectivity index (χ2n) is 11.2. The molecule has 0 spiro atoms. The number of nitrogens with zero attached hydrogens (tertiary/aromatic N) is 2. The van der Waals surface area contributed by atoms with Crippen LogP contribution >= 0.6 is 0 Å². The van der Waals surface area contributed by atoms with E-state index in [1.807, 2.05) is 0 Å². The van der Waals surface area contributed by atoms with E-state index in [-0.39, 0.29) is 0 Å². The molecule has 2 bridgehead atoms. The standard InChI is InChI=1S/C33H40N2/c1-5-13-27(14-6-1)19-23-34-24-20-33(35-21-11-4-12-22-35)25-30(28-15-7-2-8-16-28)32(34)31(26-33)29-17-9-3-10-18-29/h1-3,5-10,13-18,30-32H,4,11-12,19-26H2. The van der Waals surface area contributed by atoms with Gasteiger partial charge < -0.3 is 0 Å². The van der Waals surface area contributed by atoms with Crippen LogP contribution in [0.25, 0.3) is 0 Å². The summed E-state index contributed by atoms with van der Waals surface area (Å²) in [5.74, 6) is 1.16. The summed E-state index contributed by atoms with van der Waals surface area (Å²) in [5.41, 5.74) is 4.88. The third kappa shape index (κ3) is 4.71. The van der Waals surface area contributed by atoms with Crippen molar-refractivity contribution >= 4 is 0 Å². The molecule has 182 valence electrons. The van der Waals surface area contributed by atoms with Crippen molar-refractivity contribution in [3.8, 4) is 0 Å². The van der Waals surface area contributed by atoms with Gasteiger partial charge in [0.25, 0.3) is 0 Å². The summed E-state index contributed by atoms with van der Waals surface area (Å²) in [4.78, 5) is 5.85. The van der Waals surface area contributed by atoms with Crippen molar-refractivity contribution in [1.82, 2.24) is 9.80 Å². The summed E-state index contributed by atoms with van der Waals surface area (Å²) in [5, 5.41) is 0. The first-order valence-electron chi connectivity index (χ1n) is 14.0. The van der Waals surface area contributed by atoms with Crippen LogP contribution in [0.4, 0.5) is 0 Å². The minimum Gasteiger partial charge on any atom is -0.299 e. The summed E-state index contributed by atoms with van der Waals surface area (Å²) in [6.45, 7) is 4.95. The first-order valence-corrected chi connectivity index (χ1v) is 14.0. The zero-order valence-corrected chi connectivity index (χ0v) is 21.1. The van der Waals surface area contributed by atoms with Gasteiger partial charge in [-0.25, -0.2) is 0 Å². The molecule has 2 nitrogen and oxygen atoms in total. The molecule has 3 saturated heterocycles. The maximum absolute atomic E-state index is 2.94. The van der Waals surface area contributed by atoms with Gasteiger partial charge in [0.2, 0.25) is 0 Å². The second-order valence-corrected chi connectivity index (χ2v) is 11.2. The van der Waals surface area contributed by atoms with Gasteiger partial charge in [-0.2, -0.15) is 0 Å². The van der Waals surface area contributed by atoms with E-state index in [4.69, 9.17) is 0 Å². The van der Waals surface area contributed by atoms with Gasteiger partial charge in [-0.15, -0.1) is 0 Å². The van der Waals surface area contributed by atoms with Crippen LogP contribution < -0.4 is 0 Å². The number of benzene rings is 3. The molecule has 0 N–H and O–H groups in total. The van der Waals surface area contributed by atoms with Crippen LogP contribution in [-0.4, -0.2) is 47.6 Å². The van der Waals surface area contributed by atoms with Crippen molar-refractivity contribution in [2.45, 2.75) is 68.4 Å². The lowest BCUT2D eigenvalue weighted by molar-refractivity contribution is 0.0162. The number of piperidine rings is 1. The molecular formula is C33H40N2. The summed E-state index contributed by atoms with van der Waals surface area (Å²) >= 11 is 0. The topological polar surface area (TPSA) is 6.48 Å². The second kappa shape index (κ2) is 10.3. The summed E-state index contributed by atoms with van der Waals surface area (Å²) in [6, 6.07) is 34.7. The Labute approximate surface area is 212 Å². The molecule has 2 unspecified atom stereocenters. The van der Waals surface area contributed by atoms with Crippen molar-refractivity contribution in [2.24, 2.45) is 0 Å².